The van der Waals surface area contributed by atoms with Crippen LogP contribution in [-0.4, -0.2) is 63.9 Å². The van der Waals surface area contributed by atoms with Crippen LogP contribution in [0, 0.1) is 0 Å². The molecule has 0 aliphatic carbocycles. The number of nitrogens with zero attached hydrogens (tertiary/aromatic N) is 1. The highest BCUT2D eigenvalue weighted by atomic mass is 35.5. The summed E-state index contributed by atoms with van der Waals surface area (Å²) in [5.41, 5.74) is 0.112. The van der Waals surface area contributed by atoms with Gasteiger partial charge < -0.3 is 15.4 Å². The molecule has 0 bridgehead atoms. The van der Waals surface area contributed by atoms with E-state index in [-0.39, 0.29) is 41.0 Å². The molecule has 25 heavy (non-hydrogen) atoms. The molecule has 1 fully saturated rings. The maximum atomic E-state index is 12.7. The first-order valence-electron chi connectivity index (χ1n) is 7.78. The number of amides is 2. The quantitative estimate of drug-likeness (QED) is 0.724. The van der Waals surface area contributed by atoms with Crippen molar-refractivity contribution in [2.45, 2.75) is 11.8 Å². The van der Waals surface area contributed by atoms with Crippen LogP contribution in [0.1, 0.15) is 17.3 Å². The molecule has 1 aliphatic heterocycles. The number of benzene rings is 1. The maximum absolute atomic E-state index is 12.7. The third-order valence-electron chi connectivity index (χ3n) is 3.56. The molecule has 0 aromatic heterocycles. The monoisotopic (exact) mass is 389 g/mol. The van der Waals surface area contributed by atoms with Gasteiger partial charge in [0.25, 0.3) is 5.91 Å². The summed E-state index contributed by atoms with van der Waals surface area (Å²) in [4.78, 5) is 23.4. The van der Waals surface area contributed by atoms with Gasteiger partial charge in [0.1, 0.15) is 4.90 Å². The highest BCUT2D eigenvalue weighted by molar-refractivity contribution is 7.89. The van der Waals surface area contributed by atoms with Crippen molar-refractivity contribution in [1.82, 2.24) is 14.9 Å². The number of likely N-dealkylation sites (N-methyl/N-ethyl adjacent to an activating group) is 1. The van der Waals surface area contributed by atoms with E-state index < -0.39 is 15.9 Å². The molecule has 1 aromatic rings. The first-order valence-corrected chi connectivity index (χ1v) is 9.60. The Hall–Kier alpha value is -1.68. The lowest BCUT2D eigenvalue weighted by molar-refractivity contribution is -0.120. The molecule has 1 heterocycles. The van der Waals surface area contributed by atoms with E-state index >= 15 is 0 Å². The van der Waals surface area contributed by atoms with Gasteiger partial charge in [-0.1, -0.05) is 11.6 Å². The molecule has 2 amide bonds. The van der Waals surface area contributed by atoms with E-state index in [1.54, 1.807) is 6.92 Å². The van der Waals surface area contributed by atoms with E-state index in [1.807, 2.05) is 0 Å². The molecule has 0 unspecified atom stereocenters. The fraction of sp³-hybridized carbons (Fsp3) is 0.467. The van der Waals surface area contributed by atoms with E-state index in [2.05, 4.69) is 10.6 Å². The van der Waals surface area contributed by atoms with E-state index in [1.165, 1.54) is 22.5 Å². The molecule has 0 spiro atoms. The second-order valence-electron chi connectivity index (χ2n) is 5.30. The van der Waals surface area contributed by atoms with Crippen molar-refractivity contribution in [2.75, 3.05) is 39.4 Å². The Morgan fingerprint density at radius 1 is 1.24 bits per heavy atom. The number of sulfonamides is 1. The van der Waals surface area contributed by atoms with Gasteiger partial charge in [-0.25, -0.2) is 8.42 Å². The highest BCUT2D eigenvalue weighted by Crippen LogP contribution is 2.26. The lowest BCUT2D eigenvalue weighted by Crippen LogP contribution is -2.40. The number of carbonyl (C=O) groups is 2. The van der Waals surface area contributed by atoms with Gasteiger partial charge in [0.2, 0.25) is 15.9 Å². The molecule has 0 radical (unpaired) electrons. The minimum atomic E-state index is -3.83. The van der Waals surface area contributed by atoms with Crippen LogP contribution in [0.15, 0.2) is 23.1 Å². The summed E-state index contributed by atoms with van der Waals surface area (Å²) in [6.45, 7) is 3.10. The lowest BCUT2D eigenvalue weighted by Gasteiger charge is -2.26. The summed E-state index contributed by atoms with van der Waals surface area (Å²) in [5, 5.41) is 5.02. The minimum absolute atomic E-state index is 0.0340. The first-order chi connectivity index (χ1) is 11.9. The van der Waals surface area contributed by atoms with Gasteiger partial charge in [-0.15, -0.1) is 0 Å². The van der Waals surface area contributed by atoms with Crippen molar-refractivity contribution >= 4 is 33.4 Å². The van der Waals surface area contributed by atoms with Crippen LogP contribution in [0.5, 0.6) is 0 Å². The third-order valence-corrected chi connectivity index (χ3v) is 5.94. The van der Waals surface area contributed by atoms with Crippen molar-refractivity contribution < 1.29 is 22.7 Å². The smallest absolute Gasteiger partial charge is 0.251 e. The molecule has 2 N–H and O–H groups in total. The number of hydrogen-bond acceptors (Lipinski definition) is 5. The molecule has 1 aromatic carbocycles. The van der Waals surface area contributed by atoms with Crippen LogP contribution in [0.25, 0.3) is 0 Å². The SMILES string of the molecule is CCNC(=O)CNC(=O)c1ccc(Cl)c(S(=O)(=O)N2CCOCC2)c1. The predicted molar refractivity (Wildman–Crippen MR) is 92.0 cm³/mol. The number of ether oxygens (including phenoxy) is 1. The van der Waals surface area contributed by atoms with Crippen LogP contribution in [0.2, 0.25) is 5.02 Å². The molecule has 2 rings (SSSR count). The molecule has 0 atom stereocenters. The lowest BCUT2D eigenvalue weighted by atomic mass is 10.2. The minimum Gasteiger partial charge on any atom is -0.379 e. The van der Waals surface area contributed by atoms with Gasteiger partial charge in [0.15, 0.2) is 0 Å². The first kappa shape index (κ1) is 19.6. The van der Waals surface area contributed by atoms with Gasteiger partial charge in [-0.2, -0.15) is 4.31 Å². The Kier molecular flexibility index (Phi) is 6.77. The molecule has 1 aliphatic rings. The van der Waals surface area contributed by atoms with E-state index in [0.717, 1.165) is 0 Å². The zero-order valence-corrected chi connectivity index (χ0v) is 15.3. The number of carbonyl (C=O) groups excluding carboxylic acids is 2. The molecular weight excluding hydrogens is 370 g/mol. The Morgan fingerprint density at radius 2 is 1.92 bits per heavy atom. The topological polar surface area (TPSA) is 105 Å². The Balaban J connectivity index is 2.19. The van der Waals surface area contributed by atoms with E-state index in [9.17, 15) is 18.0 Å². The van der Waals surface area contributed by atoms with E-state index in [4.69, 9.17) is 16.3 Å². The van der Waals surface area contributed by atoms with E-state index in [0.29, 0.717) is 19.8 Å². The summed E-state index contributed by atoms with van der Waals surface area (Å²) in [6, 6.07) is 3.99. The zero-order chi connectivity index (χ0) is 18.4. The summed E-state index contributed by atoms with van der Waals surface area (Å²) in [6.07, 6.45) is 0. The second kappa shape index (κ2) is 8.61. The van der Waals surface area contributed by atoms with Gasteiger partial charge in [0.05, 0.1) is 24.8 Å². The molecule has 138 valence electrons. The Bertz CT molecular complexity index is 748. The summed E-state index contributed by atoms with van der Waals surface area (Å²) in [5.74, 6) is -0.882. The standard InChI is InChI=1S/C15H20ClN3O5S/c1-2-17-14(20)10-18-15(21)11-3-4-12(16)13(9-11)25(22,23)19-5-7-24-8-6-19/h3-4,9H,2,5-8,10H2,1H3,(H,17,20)(H,18,21). The summed E-state index contributed by atoms with van der Waals surface area (Å²) in [7, 11) is -3.83. The van der Waals surface area contributed by atoms with Crippen LogP contribution in [-0.2, 0) is 19.6 Å². The van der Waals surface area contributed by atoms with Gasteiger partial charge in [-0.3, -0.25) is 9.59 Å². The molecule has 0 saturated carbocycles. The average molecular weight is 390 g/mol. The van der Waals surface area contributed by atoms with Gasteiger partial charge >= 0.3 is 0 Å². The van der Waals surface area contributed by atoms with Crippen molar-refractivity contribution in [1.29, 1.82) is 0 Å². The molecule has 1 saturated heterocycles. The van der Waals surface area contributed by atoms with Crippen molar-refractivity contribution in [3.63, 3.8) is 0 Å². The number of morpholine rings is 1. The highest BCUT2D eigenvalue weighted by Gasteiger charge is 2.29. The average Bonchev–Trinajstić information content (AvgIpc) is 2.61. The second-order valence-corrected chi connectivity index (χ2v) is 7.61. The normalized spacial score (nSPS) is 15.6. The number of nitrogens with one attached hydrogen (secondary N) is 2. The third kappa shape index (κ3) is 4.91. The largest absolute Gasteiger partial charge is 0.379 e. The molecular formula is C15H20ClN3O5S. The van der Waals surface area contributed by atoms with Crippen LogP contribution >= 0.6 is 11.6 Å². The number of halogens is 1. The van der Waals surface area contributed by atoms with Crippen molar-refractivity contribution in [3.05, 3.63) is 28.8 Å². The van der Waals surface area contributed by atoms with Crippen molar-refractivity contribution in [2.24, 2.45) is 0 Å². The summed E-state index contributed by atoms with van der Waals surface area (Å²) >= 11 is 6.04. The summed E-state index contributed by atoms with van der Waals surface area (Å²) < 4.78 is 31.9. The van der Waals surface area contributed by atoms with Gasteiger partial charge in [-0.05, 0) is 25.1 Å². The fourth-order valence-corrected chi connectivity index (χ4v) is 4.20. The number of hydrogen-bond donors (Lipinski definition) is 2. The van der Waals surface area contributed by atoms with Crippen molar-refractivity contribution in [3.8, 4) is 0 Å². The Morgan fingerprint density at radius 3 is 2.56 bits per heavy atom. The molecule has 8 nitrogen and oxygen atoms in total. The maximum Gasteiger partial charge on any atom is 0.251 e. The Labute approximate surface area is 151 Å². The van der Waals surface area contributed by atoms with Crippen LogP contribution in [0.4, 0.5) is 0 Å². The fourth-order valence-electron chi connectivity index (χ4n) is 2.29. The van der Waals surface area contributed by atoms with Crippen LogP contribution in [0.3, 0.4) is 0 Å². The number of rotatable bonds is 6. The molecule has 10 heteroatoms. The van der Waals surface area contributed by atoms with Gasteiger partial charge in [0, 0.05) is 25.2 Å². The van der Waals surface area contributed by atoms with Crippen LogP contribution < -0.4 is 10.6 Å². The predicted octanol–water partition coefficient (Wildman–Crippen LogP) is 0.227. The zero-order valence-electron chi connectivity index (χ0n) is 13.7.